The van der Waals surface area contributed by atoms with Gasteiger partial charge in [-0.2, -0.15) is 0 Å². The van der Waals surface area contributed by atoms with E-state index in [9.17, 15) is 0 Å². The van der Waals surface area contributed by atoms with E-state index in [0.29, 0.717) is 6.04 Å². The molecular weight excluding hydrogens is 242 g/mol. The lowest BCUT2D eigenvalue weighted by Crippen LogP contribution is -2.33. The number of nitrogens with one attached hydrogen (secondary N) is 1. The van der Waals surface area contributed by atoms with Gasteiger partial charge in [0.15, 0.2) is 0 Å². The molecular formula is C19H33N. The fourth-order valence-electron chi connectivity index (χ4n) is 3.08. The zero-order valence-corrected chi connectivity index (χ0v) is 14.1. The van der Waals surface area contributed by atoms with Crippen LogP contribution in [0.2, 0.25) is 0 Å². The molecule has 114 valence electrons. The van der Waals surface area contributed by atoms with Crippen LogP contribution in [0.15, 0.2) is 18.2 Å². The van der Waals surface area contributed by atoms with Crippen LogP contribution in [-0.2, 0) is 6.42 Å². The highest BCUT2D eigenvalue weighted by Crippen LogP contribution is 2.19. The summed E-state index contributed by atoms with van der Waals surface area (Å²) in [6.07, 6.45) is 6.28. The Morgan fingerprint density at radius 3 is 2.05 bits per heavy atom. The number of hydrogen-bond donors (Lipinski definition) is 1. The molecule has 1 atom stereocenters. The third-order valence-electron chi connectivity index (χ3n) is 4.22. The summed E-state index contributed by atoms with van der Waals surface area (Å²) >= 11 is 0. The lowest BCUT2D eigenvalue weighted by Gasteiger charge is -2.23. The smallest absolute Gasteiger partial charge is 0.0110 e. The highest BCUT2D eigenvalue weighted by molar-refractivity contribution is 5.29. The van der Waals surface area contributed by atoms with E-state index in [2.05, 4.69) is 58.1 Å². The van der Waals surface area contributed by atoms with Gasteiger partial charge in [-0.25, -0.2) is 0 Å². The van der Waals surface area contributed by atoms with Crippen LogP contribution in [0.1, 0.15) is 63.1 Å². The maximum atomic E-state index is 3.76. The predicted molar refractivity (Wildman–Crippen MR) is 90.4 cm³/mol. The van der Waals surface area contributed by atoms with Crippen molar-refractivity contribution in [2.75, 3.05) is 6.54 Å². The molecule has 0 bridgehead atoms. The van der Waals surface area contributed by atoms with Crippen molar-refractivity contribution < 1.29 is 0 Å². The van der Waals surface area contributed by atoms with Gasteiger partial charge in [-0.15, -0.1) is 0 Å². The summed E-state index contributed by atoms with van der Waals surface area (Å²) in [5, 5.41) is 3.76. The van der Waals surface area contributed by atoms with Gasteiger partial charge in [-0.3, -0.25) is 0 Å². The molecule has 0 aliphatic rings. The Morgan fingerprint density at radius 1 is 0.950 bits per heavy atom. The molecule has 1 N–H and O–H groups in total. The van der Waals surface area contributed by atoms with Crippen LogP contribution in [0.25, 0.3) is 0 Å². The highest BCUT2D eigenvalue weighted by Gasteiger charge is 2.14. The Balaban J connectivity index is 2.71. The molecule has 20 heavy (non-hydrogen) atoms. The van der Waals surface area contributed by atoms with Crippen molar-refractivity contribution >= 4 is 0 Å². The maximum Gasteiger partial charge on any atom is 0.0110 e. The first-order valence-corrected chi connectivity index (χ1v) is 8.39. The van der Waals surface area contributed by atoms with Crippen LogP contribution in [0, 0.1) is 19.8 Å². The van der Waals surface area contributed by atoms with E-state index >= 15 is 0 Å². The van der Waals surface area contributed by atoms with Crippen molar-refractivity contribution in [2.24, 2.45) is 5.92 Å². The lowest BCUT2D eigenvalue weighted by molar-refractivity contribution is 0.363. The summed E-state index contributed by atoms with van der Waals surface area (Å²) in [6, 6.07) is 7.58. The van der Waals surface area contributed by atoms with E-state index in [0.717, 1.165) is 12.5 Å². The Morgan fingerprint density at radius 2 is 1.55 bits per heavy atom. The van der Waals surface area contributed by atoms with Gasteiger partial charge in [0, 0.05) is 6.04 Å². The van der Waals surface area contributed by atoms with Crippen molar-refractivity contribution in [1.82, 2.24) is 5.32 Å². The van der Waals surface area contributed by atoms with E-state index < -0.39 is 0 Å². The molecule has 1 heteroatoms. The van der Waals surface area contributed by atoms with Crippen LogP contribution in [0.4, 0.5) is 0 Å². The molecule has 0 heterocycles. The lowest BCUT2D eigenvalue weighted by atomic mass is 9.90. The Bertz CT molecular complexity index is 359. The Labute approximate surface area is 126 Å². The summed E-state index contributed by atoms with van der Waals surface area (Å²) in [4.78, 5) is 0. The average Bonchev–Trinajstić information content (AvgIpc) is 2.40. The molecule has 1 nitrogen and oxygen atoms in total. The van der Waals surface area contributed by atoms with Gasteiger partial charge in [0.25, 0.3) is 0 Å². The summed E-state index contributed by atoms with van der Waals surface area (Å²) in [7, 11) is 0. The van der Waals surface area contributed by atoms with Crippen LogP contribution < -0.4 is 5.32 Å². The van der Waals surface area contributed by atoms with Crippen molar-refractivity contribution in [1.29, 1.82) is 0 Å². The van der Waals surface area contributed by atoms with Gasteiger partial charge < -0.3 is 5.32 Å². The van der Waals surface area contributed by atoms with Crippen molar-refractivity contribution in [3.05, 3.63) is 34.9 Å². The molecule has 0 aromatic heterocycles. The van der Waals surface area contributed by atoms with Gasteiger partial charge >= 0.3 is 0 Å². The van der Waals surface area contributed by atoms with Crippen LogP contribution in [0.5, 0.6) is 0 Å². The normalized spacial score (nSPS) is 12.9. The van der Waals surface area contributed by atoms with Gasteiger partial charge in [0.05, 0.1) is 0 Å². The third kappa shape index (κ3) is 6.09. The molecule has 0 amide bonds. The first-order chi connectivity index (χ1) is 9.58. The average molecular weight is 275 g/mol. The van der Waals surface area contributed by atoms with E-state index in [-0.39, 0.29) is 0 Å². The number of aryl methyl sites for hydroxylation is 2. The van der Waals surface area contributed by atoms with Crippen molar-refractivity contribution in [3.63, 3.8) is 0 Å². The predicted octanol–water partition coefficient (Wildman–Crippen LogP) is 5.04. The third-order valence-corrected chi connectivity index (χ3v) is 4.22. The molecule has 0 saturated heterocycles. The Kier molecular flexibility index (Phi) is 7.91. The molecule has 0 aliphatic heterocycles. The van der Waals surface area contributed by atoms with E-state index in [4.69, 9.17) is 0 Å². The van der Waals surface area contributed by atoms with Gasteiger partial charge in [-0.1, -0.05) is 62.9 Å². The first-order valence-electron chi connectivity index (χ1n) is 8.39. The molecule has 0 saturated carbocycles. The summed E-state index contributed by atoms with van der Waals surface area (Å²) in [5.74, 6) is 0.857. The second kappa shape index (κ2) is 9.18. The van der Waals surface area contributed by atoms with Crippen molar-refractivity contribution in [3.8, 4) is 0 Å². The topological polar surface area (TPSA) is 12.0 Å². The van der Waals surface area contributed by atoms with Gasteiger partial charge in [-0.05, 0) is 51.1 Å². The summed E-state index contributed by atoms with van der Waals surface area (Å²) in [5.41, 5.74) is 4.26. The molecule has 1 aromatic rings. The van der Waals surface area contributed by atoms with E-state index in [1.807, 2.05) is 0 Å². The fourth-order valence-corrected chi connectivity index (χ4v) is 3.08. The quantitative estimate of drug-likeness (QED) is 0.665. The summed E-state index contributed by atoms with van der Waals surface area (Å²) in [6.45, 7) is 12.4. The van der Waals surface area contributed by atoms with Crippen LogP contribution >= 0.6 is 0 Å². The number of benzene rings is 1. The summed E-state index contributed by atoms with van der Waals surface area (Å²) < 4.78 is 0. The zero-order chi connectivity index (χ0) is 15.0. The molecule has 1 rings (SSSR count). The Hall–Kier alpha value is -0.820. The maximum absolute atomic E-state index is 3.76. The monoisotopic (exact) mass is 275 g/mol. The molecule has 0 radical (unpaired) electrons. The minimum atomic E-state index is 0.626. The van der Waals surface area contributed by atoms with Crippen LogP contribution in [-0.4, -0.2) is 12.6 Å². The minimum absolute atomic E-state index is 0.626. The molecule has 1 aromatic carbocycles. The van der Waals surface area contributed by atoms with E-state index in [1.54, 1.807) is 0 Å². The van der Waals surface area contributed by atoms with Gasteiger partial charge in [0.2, 0.25) is 0 Å². The second-order valence-corrected chi connectivity index (χ2v) is 6.27. The molecule has 0 fully saturated rings. The largest absolute Gasteiger partial charge is 0.314 e. The van der Waals surface area contributed by atoms with Crippen LogP contribution in [0.3, 0.4) is 0 Å². The van der Waals surface area contributed by atoms with Crippen molar-refractivity contribution in [2.45, 2.75) is 72.8 Å². The zero-order valence-electron chi connectivity index (χ0n) is 14.1. The molecule has 0 spiro atoms. The second-order valence-electron chi connectivity index (χ2n) is 6.27. The van der Waals surface area contributed by atoms with Gasteiger partial charge in [0.1, 0.15) is 0 Å². The SMILES string of the molecule is CCCNC(Cc1cc(C)cc(C)c1)CC(CC)CC. The fraction of sp³-hybridized carbons (Fsp3) is 0.684. The minimum Gasteiger partial charge on any atom is -0.314 e. The number of rotatable bonds is 9. The van der Waals surface area contributed by atoms with E-state index in [1.165, 1.54) is 48.8 Å². The highest BCUT2D eigenvalue weighted by atomic mass is 14.9. The molecule has 1 unspecified atom stereocenters. The molecule has 0 aliphatic carbocycles. The first kappa shape index (κ1) is 17.2. The standard InChI is InChI=1S/C19H33N/c1-6-9-20-19(13-17(7-2)8-3)14-18-11-15(4)10-16(5)12-18/h10-12,17,19-20H,6-9,13-14H2,1-5H3. The number of hydrogen-bond acceptors (Lipinski definition) is 1.